The second kappa shape index (κ2) is 4.52. The van der Waals surface area contributed by atoms with Crippen LogP contribution in [0, 0.1) is 11.8 Å². The van der Waals surface area contributed by atoms with Gasteiger partial charge in [0.05, 0.1) is 11.5 Å². The molecule has 1 fully saturated rings. The molecule has 0 aromatic rings. The Balaban J connectivity index is 2.38. The Kier molecular flexibility index (Phi) is 3.77. The number of carbonyl (C=O) groups excluding carboxylic acids is 1. The van der Waals surface area contributed by atoms with Crippen molar-refractivity contribution in [2.45, 2.75) is 58.7 Å². The molecule has 1 N–H and O–H groups in total. The van der Waals surface area contributed by atoms with Crippen LogP contribution in [0.3, 0.4) is 0 Å². The number of ether oxygens (including phenoxy) is 1. The van der Waals surface area contributed by atoms with E-state index in [9.17, 15) is 9.90 Å². The van der Waals surface area contributed by atoms with Crippen molar-refractivity contribution in [3.05, 3.63) is 0 Å². The predicted octanol–water partition coefficient (Wildman–Crippen LogP) is 2.13. The van der Waals surface area contributed by atoms with E-state index in [0.29, 0.717) is 0 Å². The maximum atomic E-state index is 11.5. The zero-order chi connectivity index (χ0) is 11.6. The highest BCUT2D eigenvalue weighted by molar-refractivity contribution is 5.72. The van der Waals surface area contributed by atoms with E-state index in [1.54, 1.807) is 0 Å². The van der Waals surface area contributed by atoms with Gasteiger partial charge in [0.15, 0.2) is 0 Å². The summed E-state index contributed by atoms with van der Waals surface area (Å²) in [5.41, 5.74) is -0.574. The highest BCUT2D eigenvalue weighted by atomic mass is 16.5. The first-order valence-corrected chi connectivity index (χ1v) is 5.87. The van der Waals surface area contributed by atoms with Crippen molar-refractivity contribution in [1.29, 1.82) is 0 Å². The van der Waals surface area contributed by atoms with Gasteiger partial charge in [0.2, 0.25) is 0 Å². The second-order valence-electron chi connectivity index (χ2n) is 4.72. The maximum absolute atomic E-state index is 11.5. The molecule has 88 valence electrons. The second-order valence-corrected chi connectivity index (χ2v) is 4.72. The average molecular weight is 214 g/mol. The largest absolute Gasteiger partial charge is 0.462 e. The van der Waals surface area contributed by atoms with Crippen molar-refractivity contribution in [2.24, 2.45) is 11.8 Å². The molecule has 0 aromatic carbocycles. The van der Waals surface area contributed by atoms with Gasteiger partial charge in [-0.05, 0) is 26.2 Å². The summed E-state index contributed by atoms with van der Waals surface area (Å²) in [6.45, 7) is 7.67. The Morgan fingerprint density at radius 1 is 1.53 bits per heavy atom. The van der Waals surface area contributed by atoms with Crippen LogP contribution < -0.4 is 0 Å². The first-order chi connectivity index (χ1) is 6.94. The van der Waals surface area contributed by atoms with Gasteiger partial charge >= 0.3 is 5.97 Å². The predicted molar refractivity (Wildman–Crippen MR) is 58.4 cm³/mol. The molecule has 4 atom stereocenters. The van der Waals surface area contributed by atoms with Gasteiger partial charge < -0.3 is 9.84 Å². The molecule has 0 amide bonds. The Morgan fingerprint density at radius 2 is 2.13 bits per heavy atom. The van der Waals surface area contributed by atoms with E-state index in [1.165, 1.54) is 0 Å². The van der Waals surface area contributed by atoms with Gasteiger partial charge in [-0.15, -0.1) is 0 Å². The summed E-state index contributed by atoms with van der Waals surface area (Å²) in [6, 6.07) is 0. The van der Waals surface area contributed by atoms with Crippen molar-refractivity contribution in [2.75, 3.05) is 0 Å². The lowest BCUT2D eigenvalue weighted by Crippen LogP contribution is -2.25. The maximum Gasteiger partial charge on any atom is 0.308 e. The lowest BCUT2D eigenvalue weighted by Gasteiger charge is -2.17. The highest BCUT2D eigenvalue weighted by Crippen LogP contribution is 2.49. The number of hydrogen-bond acceptors (Lipinski definition) is 3. The minimum absolute atomic E-state index is 0.0408. The molecule has 0 spiro atoms. The Morgan fingerprint density at radius 3 is 2.53 bits per heavy atom. The monoisotopic (exact) mass is 214 g/mol. The molecule has 4 unspecified atom stereocenters. The van der Waals surface area contributed by atoms with Gasteiger partial charge in [-0.25, -0.2) is 0 Å². The van der Waals surface area contributed by atoms with Crippen LogP contribution in [-0.2, 0) is 9.53 Å². The molecule has 0 heterocycles. The lowest BCUT2D eigenvalue weighted by atomic mass is 10.1. The standard InChI is InChI=1S/C12H22O3/c1-5-8(3)11(13)15-9(4)10-7-12(10,14)6-2/h8-10,14H,5-7H2,1-4H3. The number of hydrogen-bond donors (Lipinski definition) is 1. The van der Waals surface area contributed by atoms with Crippen molar-refractivity contribution < 1.29 is 14.6 Å². The molecule has 0 bridgehead atoms. The average Bonchev–Trinajstić information content (AvgIpc) is 2.90. The first kappa shape index (κ1) is 12.5. The molecular weight excluding hydrogens is 192 g/mol. The van der Waals surface area contributed by atoms with Crippen LogP contribution in [0.15, 0.2) is 0 Å². The summed E-state index contributed by atoms with van der Waals surface area (Å²) >= 11 is 0. The molecule has 0 saturated heterocycles. The first-order valence-electron chi connectivity index (χ1n) is 5.87. The summed E-state index contributed by atoms with van der Waals surface area (Å²) < 4.78 is 5.33. The Labute approximate surface area is 91.8 Å². The fourth-order valence-corrected chi connectivity index (χ4v) is 1.88. The summed E-state index contributed by atoms with van der Waals surface area (Å²) in [7, 11) is 0. The third-order valence-corrected chi connectivity index (χ3v) is 3.60. The highest BCUT2D eigenvalue weighted by Gasteiger charge is 2.55. The van der Waals surface area contributed by atoms with Crippen LogP contribution in [-0.4, -0.2) is 22.8 Å². The van der Waals surface area contributed by atoms with E-state index in [2.05, 4.69) is 0 Å². The Hall–Kier alpha value is -0.570. The summed E-state index contributed by atoms with van der Waals surface area (Å²) in [5.74, 6) is -0.0493. The third kappa shape index (κ3) is 2.71. The van der Waals surface area contributed by atoms with Crippen LogP contribution in [0.2, 0.25) is 0 Å². The summed E-state index contributed by atoms with van der Waals surface area (Å²) in [4.78, 5) is 11.5. The number of carbonyl (C=O) groups is 1. The van der Waals surface area contributed by atoms with Crippen LogP contribution in [0.25, 0.3) is 0 Å². The molecule has 3 heteroatoms. The lowest BCUT2D eigenvalue weighted by molar-refractivity contribution is -0.154. The van der Waals surface area contributed by atoms with E-state index < -0.39 is 5.60 Å². The molecule has 1 rings (SSSR count). The number of esters is 1. The Bertz CT molecular complexity index is 239. The van der Waals surface area contributed by atoms with Crippen molar-refractivity contribution >= 4 is 5.97 Å². The van der Waals surface area contributed by atoms with E-state index in [0.717, 1.165) is 19.3 Å². The van der Waals surface area contributed by atoms with Crippen LogP contribution in [0.4, 0.5) is 0 Å². The van der Waals surface area contributed by atoms with E-state index >= 15 is 0 Å². The normalized spacial score (nSPS) is 33.3. The summed E-state index contributed by atoms with van der Waals surface area (Å²) in [5, 5.41) is 9.89. The molecule has 3 nitrogen and oxygen atoms in total. The zero-order valence-electron chi connectivity index (χ0n) is 10.1. The number of aliphatic hydroxyl groups is 1. The van der Waals surface area contributed by atoms with Crippen LogP contribution in [0.5, 0.6) is 0 Å². The SMILES string of the molecule is CCC(C)C(=O)OC(C)C1CC1(O)CC. The van der Waals surface area contributed by atoms with Crippen LogP contribution >= 0.6 is 0 Å². The molecule has 0 radical (unpaired) electrons. The van der Waals surface area contributed by atoms with Gasteiger partial charge in [0.25, 0.3) is 0 Å². The van der Waals surface area contributed by atoms with Crippen molar-refractivity contribution in [1.82, 2.24) is 0 Å². The van der Waals surface area contributed by atoms with E-state index in [4.69, 9.17) is 4.74 Å². The van der Waals surface area contributed by atoms with Gasteiger partial charge in [0, 0.05) is 5.92 Å². The van der Waals surface area contributed by atoms with Gasteiger partial charge in [-0.3, -0.25) is 4.79 Å². The van der Waals surface area contributed by atoms with E-state index in [1.807, 2.05) is 27.7 Å². The quantitative estimate of drug-likeness (QED) is 0.713. The van der Waals surface area contributed by atoms with Gasteiger partial charge in [-0.2, -0.15) is 0 Å². The molecule has 0 aromatic heterocycles. The fraction of sp³-hybridized carbons (Fsp3) is 0.917. The van der Waals surface area contributed by atoms with Crippen molar-refractivity contribution in [3.63, 3.8) is 0 Å². The smallest absolute Gasteiger partial charge is 0.308 e. The van der Waals surface area contributed by atoms with Gasteiger partial charge in [-0.1, -0.05) is 20.8 Å². The third-order valence-electron chi connectivity index (χ3n) is 3.60. The minimum Gasteiger partial charge on any atom is -0.462 e. The molecule has 1 saturated carbocycles. The fourth-order valence-electron chi connectivity index (χ4n) is 1.88. The number of rotatable bonds is 5. The molecule has 1 aliphatic rings. The molecular formula is C12H22O3. The minimum atomic E-state index is -0.574. The molecule has 1 aliphatic carbocycles. The summed E-state index contributed by atoms with van der Waals surface area (Å²) in [6.07, 6.45) is 2.15. The zero-order valence-corrected chi connectivity index (χ0v) is 10.1. The molecule has 15 heavy (non-hydrogen) atoms. The molecule has 0 aliphatic heterocycles. The van der Waals surface area contributed by atoms with Gasteiger partial charge in [0.1, 0.15) is 6.10 Å². The van der Waals surface area contributed by atoms with E-state index in [-0.39, 0.29) is 23.9 Å². The van der Waals surface area contributed by atoms with Crippen molar-refractivity contribution in [3.8, 4) is 0 Å². The van der Waals surface area contributed by atoms with Crippen LogP contribution in [0.1, 0.15) is 47.0 Å². The topological polar surface area (TPSA) is 46.5 Å².